The Morgan fingerprint density at radius 3 is 2.72 bits per heavy atom. The summed E-state index contributed by atoms with van der Waals surface area (Å²) in [6, 6.07) is 10.2. The normalized spacial score (nSPS) is 11.7. The Morgan fingerprint density at radius 2 is 2.00 bits per heavy atom. The first-order chi connectivity index (χ1) is 11.8. The number of alkyl halides is 3. The van der Waals surface area contributed by atoms with Crippen molar-refractivity contribution in [2.75, 3.05) is 11.1 Å². The number of hydrogen-bond acceptors (Lipinski definition) is 4. The number of halogens is 4. The van der Waals surface area contributed by atoms with Crippen molar-refractivity contribution in [2.24, 2.45) is 0 Å². The number of benzene rings is 2. The average molecular weight is 387 g/mol. The van der Waals surface area contributed by atoms with E-state index >= 15 is 0 Å². The van der Waals surface area contributed by atoms with Gasteiger partial charge in [-0.2, -0.15) is 13.2 Å². The lowest BCUT2D eigenvalue weighted by atomic mass is 10.1. The van der Waals surface area contributed by atoms with Crippen molar-refractivity contribution < 1.29 is 22.4 Å². The van der Waals surface area contributed by atoms with Crippen LogP contribution < -0.4 is 5.32 Å². The number of fused-ring (bicyclic) bond motifs is 1. The van der Waals surface area contributed by atoms with E-state index in [2.05, 4.69) is 10.3 Å². The number of hydrogen-bond donors (Lipinski definition) is 1. The van der Waals surface area contributed by atoms with E-state index in [-0.39, 0.29) is 21.7 Å². The maximum atomic E-state index is 13.0. The van der Waals surface area contributed by atoms with Gasteiger partial charge in [0, 0.05) is 5.02 Å². The van der Waals surface area contributed by atoms with Gasteiger partial charge >= 0.3 is 6.18 Å². The Balaban J connectivity index is 1.68. The molecule has 0 fully saturated rings. The van der Waals surface area contributed by atoms with Crippen molar-refractivity contribution >= 4 is 46.1 Å². The van der Waals surface area contributed by atoms with E-state index in [1.807, 2.05) is 0 Å². The molecule has 25 heavy (non-hydrogen) atoms. The highest BCUT2D eigenvalue weighted by Crippen LogP contribution is 2.36. The third-order valence-electron chi connectivity index (χ3n) is 3.16. The summed E-state index contributed by atoms with van der Waals surface area (Å²) >= 11 is 6.59. The van der Waals surface area contributed by atoms with Crippen molar-refractivity contribution in [3.8, 4) is 0 Å². The van der Waals surface area contributed by atoms with E-state index in [1.54, 1.807) is 24.3 Å². The van der Waals surface area contributed by atoms with Gasteiger partial charge in [0.2, 0.25) is 5.91 Å². The summed E-state index contributed by atoms with van der Waals surface area (Å²) in [5.41, 5.74) is -0.134. The number of rotatable bonds is 4. The zero-order chi connectivity index (χ0) is 18.0. The fraction of sp³-hybridized carbons (Fsp3) is 0.125. The van der Waals surface area contributed by atoms with E-state index < -0.39 is 17.6 Å². The number of nitrogens with zero attached hydrogens (tertiary/aromatic N) is 1. The number of carbonyl (C=O) groups excluding carboxylic acids is 1. The lowest BCUT2D eigenvalue weighted by Crippen LogP contribution is -2.18. The molecule has 0 saturated heterocycles. The largest absolute Gasteiger partial charge is 0.431 e. The molecule has 0 unspecified atom stereocenters. The smallest absolute Gasteiger partial charge is 0.418 e. The number of amides is 1. The molecule has 0 aliphatic carbocycles. The number of nitrogens with one attached hydrogen (secondary N) is 1. The van der Waals surface area contributed by atoms with E-state index in [1.165, 1.54) is 6.07 Å². The lowest BCUT2D eigenvalue weighted by Gasteiger charge is -2.13. The molecule has 0 radical (unpaired) electrons. The Morgan fingerprint density at radius 1 is 1.24 bits per heavy atom. The number of oxazole rings is 1. The van der Waals surface area contributed by atoms with Gasteiger partial charge in [0.25, 0.3) is 5.22 Å². The minimum atomic E-state index is -4.62. The molecule has 0 bridgehead atoms. The van der Waals surface area contributed by atoms with Gasteiger partial charge in [-0.3, -0.25) is 4.79 Å². The molecule has 3 rings (SSSR count). The molecule has 0 aliphatic heterocycles. The zero-order valence-corrected chi connectivity index (χ0v) is 14.0. The summed E-state index contributed by atoms with van der Waals surface area (Å²) in [5, 5.41) is 2.44. The summed E-state index contributed by atoms with van der Waals surface area (Å²) in [5.74, 6) is -0.757. The third-order valence-corrected chi connectivity index (χ3v) is 4.23. The fourth-order valence-corrected chi connectivity index (χ4v) is 2.90. The molecule has 1 heterocycles. The molecular weight excluding hydrogens is 377 g/mol. The second-order valence-electron chi connectivity index (χ2n) is 4.97. The SMILES string of the molecule is O=C(CSc1nc2ccccc2o1)Nc1ccc(Cl)cc1C(F)(F)F. The maximum absolute atomic E-state index is 13.0. The number of para-hydroxylation sites is 2. The Hall–Kier alpha value is -2.19. The van der Waals surface area contributed by atoms with Crippen LogP contribution in [-0.2, 0) is 11.0 Å². The predicted octanol–water partition coefficient (Wildman–Crippen LogP) is 5.23. The van der Waals surface area contributed by atoms with Crippen LogP contribution in [-0.4, -0.2) is 16.6 Å². The molecule has 0 spiro atoms. The highest BCUT2D eigenvalue weighted by Gasteiger charge is 2.34. The van der Waals surface area contributed by atoms with Crippen LogP contribution in [0.15, 0.2) is 52.1 Å². The van der Waals surface area contributed by atoms with E-state index in [0.29, 0.717) is 11.1 Å². The summed E-state index contributed by atoms with van der Waals surface area (Å²) in [6.07, 6.45) is -4.62. The zero-order valence-electron chi connectivity index (χ0n) is 12.4. The number of carbonyl (C=O) groups is 1. The van der Waals surface area contributed by atoms with Crippen LogP contribution in [0.25, 0.3) is 11.1 Å². The molecular formula is C16H10ClF3N2O2S. The van der Waals surface area contributed by atoms with E-state index in [4.69, 9.17) is 16.0 Å². The van der Waals surface area contributed by atoms with E-state index in [9.17, 15) is 18.0 Å². The lowest BCUT2D eigenvalue weighted by molar-refractivity contribution is -0.137. The monoisotopic (exact) mass is 386 g/mol. The first-order valence-corrected chi connectivity index (χ1v) is 8.34. The van der Waals surface area contributed by atoms with Crippen LogP contribution >= 0.6 is 23.4 Å². The van der Waals surface area contributed by atoms with Gasteiger partial charge in [-0.05, 0) is 30.3 Å². The van der Waals surface area contributed by atoms with Gasteiger partial charge in [0.15, 0.2) is 5.58 Å². The number of anilines is 1. The molecule has 1 aromatic heterocycles. The van der Waals surface area contributed by atoms with E-state index in [0.717, 1.165) is 23.9 Å². The Labute approximate surface area is 149 Å². The van der Waals surface area contributed by atoms with Crippen molar-refractivity contribution in [3.05, 3.63) is 53.1 Å². The maximum Gasteiger partial charge on any atom is 0.418 e. The highest BCUT2D eigenvalue weighted by molar-refractivity contribution is 7.99. The van der Waals surface area contributed by atoms with Crippen LogP contribution in [0.2, 0.25) is 5.02 Å². The first-order valence-electron chi connectivity index (χ1n) is 6.98. The van der Waals surface area contributed by atoms with Gasteiger partial charge in [0.1, 0.15) is 5.52 Å². The van der Waals surface area contributed by atoms with Crippen molar-refractivity contribution in [3.63, 3.8) is 0 Å². The van der Waals surface area contributed by atoms with Crippen LogP contribution in [0.1, 0.15) is 5.56 Å². The molecule has 1 N–H and O–H groups in total. The van der Waals surface area contributed by atoms with Crippen LogP contribution in [0.3, 0.4) is 0 Å². The Bertz CT molecular complexity index is 894. The van der Waals surface area contributed by atoms with Crippen molar-refractivity contribution in [1.82, 2.24) is 4.98 Å². The molecule has 130 valence electrons. The van der Waals surface area contributed by atoms with Crippen LogP contribution in [0, 0.1) is 0 Å². The second kappa shape index (κ2) is 6.97. The first kappa shape index (κ1) is 17.6. The van der Waals surface area contributed by atoms with Crippen molar-refractivity contribution in [1.29, 1.82) is 0 Å². The topological polar surface area (TPSA) is 55.1 Å². The minimum absolute atomic E-state index is 0.0637. The molecule has 3 aromatic rings. The van der Waals surface area contributed by atoms with Crippen LogP contribution in [0.5, 0.6) is 0 Å². The quantitative estimate of drug-likeness (QED) is 0.624. The second-order valence-corrected chi connectivity index (χ2v) is 6.34. The molecule has 0 saturated carbocycles. The number of aromatic nitrogens is 1. The molecule has 1 amide bonds. The summed E-state index contributed by atoms with van der Waals surface area (Å²) in [6.45, 7) is 0. The van der Waals surface area contributed by atoms with Crippen molar-refractivity contribution in [2.45, 2.75) is 11.4 Å². The fourth-order valence-electron chi connectivity index (χ4n) is 2.09. The van der Waals surface area contributed by atoms with Crippen LogP contribution in [0.4, 0.5) is 18.9 Å². The van der Waals surface area contributed by atoms with Gasteiger partial charge in [-0.25, -0.2) is 4.98 Å². The molecule has 0 atom stereocenters. The minimum Gasteiger partial charge on any atom is -0.431 e. The summed E-state index contributed by atoms with van der Waals surface area (Å²) in [7, 11) is 0. The number of thioether (sulfide) groups is 1. The van der Waals surface area contributed by atoms with Gasteiger partial charge in [0.05, 0.1) is 17.0 Å². The predicted molar refractivity (Wildman–Crippen MR) is 89.8 cm³/mol. The molecule has 2 aromatic carbocycles. The standard InChI is InChI=1S/C16H10ClF3N2O2S/c17-9-5-6-11(10(7-9)16(18,19)20)21-14(23)8-25-15-22-12-3-1-2-4-13(12)24-15/h1-7H,8H2,(H,21,23). The molecule has 4 nitrogen and oxygen atoms in total. The third kappa shape index (κ3) is 4.26. The summed E-state index contributed by atoms with van der Waals surface area (Å²) < 4.78 is 44.5. The Kier molecular flexibility index (Phi) is 4.91. The average Bonchev–Trinajstić information content (AvgIpc) is 2.96. The van der Waals surface area contributed by atoms with Gasteiger partial charge in [-0.15, -0.1) is 0 Å². The van der Waals surface area contributed by atoms with Gasteiger partial charge in [-0.1, -0.05) is 35.5 Å². The molecule has 0 aliphatic rings. The highest BCUT2D eigenvalue weighted by atomic mass is 35.5. The van der Waals surface area contributed by atoms with Gasteiger partial charge < -0.3 is 9.73 Å². The summed E-state index contributed by atoms with van der Waals surface area (Å²) in [4.78, 5) is 16.1. The molecule has 9 heteroatoms.